The van der Waals surface area contributed by atoms with Gasteiger partial charge in [-0.05, 0) is 43.2 Å². The van der Waals surface area contributed by atoms with Crippen molar-refractivity contribution in [2.45, 2.75) is 46.0 Å². The van der Waals surface area contributed by atoms with Crippen LogP contribution in [0.4, 0.5) is 0 Å². The van der Waals surface area contributed by atoms with E-state index >= 15 is 0 Å². The molecule has 2 heteroatoms. The Morgan fingerprint density at radius 1 is 1.38 bits per heavy atom. The minimum Gasteiger partial charge on any atom is -0.316 e. The Hall–Kier alpha value is -0.0800. The topological polar surface area (TPSA) is 24.1 Å². The maximum absolute atomic E-state index is 3.71. The van der Waals surface area contributed by atoms with Gasteiger partial charge >= 0.3 is 0 Å². The van der Waals surface area contributed by atoms with Crippen LogP contribution in [0.5, 0.6) is 0 Å². The maximum atomic E-state index is 3.71. The first-order valence-electron chi connectivity index (χ1n) is 7.14. The largest absolute Gasteiger partial charge is 0.316 e. The van der Waals surface area contributed by atoms with Gasteiger partial charge in [0, 0.05) is 13.1 Å². The molecule has 0 spiro atoms. The summed E-state index contributed by atoms with van der Waals surface area (Å²) < 4.78 is 0. The number of hydrogen-bond donors (Lipinski definition) is 2. The predicted octanol–water partition coefficient (Wildman–Crippen LogP) is 2.40. The lowest BCUT2D eigenvalue weighted by molar-refractivity contribution is 0.203. The minimum atomic E-state index is 0.527. The van der Waals surface area contributed by atoms with E-state index < -0.39 is 0 Å². The van der Waals surface area contributed by atoms with Gasteiger partial charge in [0.2, 0.25) is 0 Å². The molecule has 0 aromatic heterocycles. The van der Waals surface area contributed by atoms with E-state index in [2.05, 4.69) is 24.5 Å². The fourth-order valence-corrected chi connectivity index (χ4v) is 3.04. The molecule has 2 aliphatic rings. The van der Waals surface area contributed by atoms with Crippen molar-refractivity contribution >= 4 is 0 Å². The molecule has 2 rings (SSSR count). The molecule has 2 N–H and O–H groups in total. The van der Waals surface area contributed by atoms with E-state index in [-0.39, 0.29) is 0 Å². The Morgan fingerprint density at radius 2 is 2.19 bits per heavy atom. The van der Waals surface area contributed by atoms with E-state index in [1.807, 2.05) is 0 Å². The van der Waals surface area contributed by atoms with Crippen LogP contribution in [-0.2, 0) is 0 Å². The van der Waals surface area contributed by atoms with Gasteiger partial charge in [0.1, 0.15) is 0 Å². The molecule has 94 valence electrons. The highest BCUT2D eigenvalue weighted by Gasteiger charge is 2.36. The first-order valence-corrected chi connectivity index (χ1v) is 7.14. The van der Waals surface area contributed by atoms with Crippen LogP contribution >= 0.6 is 0 Å². The van der Waals surface area contributed by atoms with E-state index in [9.17, 15) is 0 Å². The van der Waals surface area contributed by atoms with E-state index in [1.165, 1.54) is 58.3 Å². The highest BCUT2D eigenvalue weighted by Crippen LogP contribution is 2.33. The van der Waals surface area contributed by atoms with Gasteiger partial charge in [-0.1, -0.05) is 33.1 Å². The molecule has 0 amide bonds. The summed E-state index contributed by atoms with van der Waals surface area (Å²) in [5, 5.41) is 7.24. The second-order valence-corrected chi connectivity index (χ2v) is 6.21. The summed E-state index contributed by atoms with van der Waals surface area (Å²) in [5.41, 5.74) is 0.527. The van der Waals surface area contributed by atoms with E-state index in [4.69, 9.17) is 0 Å². The van der Waals surface area contributed by atoms with Gasteiger partial charge in [0.25, 0.3) is 0 Å². The van der Waals surface area contributed by atoms with E-state index in [0.29, 0.717) is 5.41 Å². The van der Waals surface area contributed by atoms with Crippen molar-refractivity contribution in [3.8, 4) is 0 Å². The molecule has 2 fully saturated rings. The zero-order chi connectivity index (χ0) is 11.4. The molecule has 0 aromatic rings. The standard InChI is InChI=1S/C14H28N2/c1-12(2)14(7-9-16-11-14)10-15-8-6-13-4-3-5-13/h12-13,15-16H,3-11H2,1-2H3. The van der Waals surface area contributed by atoms with Crippen LogP contribution in [0.2, 0.25) is 0 Å². The van der Waals surface area contributed by atoms with Crippen LogP contribution in [0, 0.1) is 17.3 Å². The molecule has 1 aliphatic heterocycles. The van der Waals surface area contributed by atoms with Crippen molar-refractivity contribution in [2.75, 3.05) is 26.2 Å². The Labute approximate surface area is 101 Å². The molecule has 0 bridgehead atoms. The third-order valence-electron chi connectivity index (χ3n) is 4.93. The van der Waals surface area contributed by atoms with Gasteiger partial charge in [-0.2, -0.15) is 0 Å². The average Bonchev–Trinajstić information content (AvgIpc) is 2.64. The second-order valence-electron chi connectivity index (χ2n) is 6.21. The number of rotatable bonds is 6. The summed E-state index contributed by atoms with van der Waals surface area (Å²) in [6.07, 6.45) is 7.20. The molecular weight excluding hydrogens is 196 g/mol. The second kappa shape index (κ2) is 5.50. The molecule has 1 saturated heterocycles. The van der Waals surface area contributed by atoms with Crippen molar-refractivity contribution in [3.63, 3.8) is 0 Å². The van der Waals surface area contributed by atoms with Crippen molar-refractivity contribution in [1.29, 1.82) is 0 Å². The van der Waals surface area contributed by atoms with Crippen LogP contribution in [0.1, 0.15) is 46.0 Å². The van der Waals surface area contributed by atoms with Crippen molar-refractivity contribution in [3.05, 3.63) is 0 Å². The van der Waals surface area contributed by atoms with Gasteiger partial charge in [0.15, 0.2) is 0 Å². The van der Waals surface area contributed by atoms with Gasteiger partial charge < -0.3 is 10.6 Å². The quantitative estimate of drug-likeness (QED) is 0.677. The monoisotopic (exact) mass is 224 g/mol. The molecule has 1 unspecified atom stereocenters. The zero-order valence-corrected chi connectivity index (χ0v) is 11.0. The van der Waals surface area contributed by atoms with E-state index in [1.54, 1.807) is 0 Å². The summed E-state index contributed by atoms with van der Waals surface area (Å²) in [4.78, 5) is 0. The average molecular weight is 224 g/mol. The lowest BCUT2D eigenvalue weighted by Crippen LogP contribution is -2.41. The van der Waals surface area contributed by atoms with Crippen LogP contribution in [0.3, 0.4) is 0 Å². The maximum Gasteiger partial charge on any atom is 0.00229 e. The Bertz CT molecular complexity index is 203. The van der Waals surface area contributed by atoms with Crippen LogP contribution < -0.4 is 10.6 Å². The highest BCUT2D eigenvalue weighted by molar-refractivity contribution is 4.92. The first kappa shape index (κ1) is 12.4. The Morgan fingerprint density at radius 3 is 2.69 bits per heavy atom. The molecule has 0 aromatic carbocycles. The molecule has 0 radical (unpaired) electrons. The fraction of sp³-hybridized carbons (Fsp3) is 1.00. The Balaban J connectivity index is 1.65. The van der Waals surface area contributed by atoms with Crippen LogP contribution in [-0.4, -0.2) is 26.2 Å². The molecule has 16 heavy (non-hydrogen) atoms. The van der Waals surface area contributed by atoms with Crippen molar-refractivity contribution in [2.24, 2.45) is 17.3 Å². The molecular formula is C14H28N2. The summed E-state index contributed by atoms with van der Waals surface area (Å²) in [6, 6.07) is 0. The van der Waals surface area contributed by atoms with E-state index in [0.717, 1.165) is 11.8 Å². The number of nitrogens with one attached hydrogen (secondary N) is 2. The van der Waals surface area contributed by atoms with Crippen molar-refractivity contribution < 1.29 is 0 Å². The smallest absolute Gasteiger partial charge is 0.00229 e. The number of hydrogen-bond acceptors (Lipinski definition) is 2. The molecule has 1 atom stereocenters. The normalized spacial score (nSPS) is 30.9. The van der Waals surface area contributed by atoms with Crippen molar-refractivity contribution in [1.82, 2.24) is 10.6 Å². The summed E-state index contributed by atoms with van der Waals surface area (Å²) >= 11 is 0. The predicted molar refractivity (Wildman–Crippen MR) is 69.6 cm³/mol. The molecule has 2 nitrogen and oxygen atoms in total. The lowest BCUT2D eigenvalue weighted by atomic mass is 9.76. The van der Waals surface area contributed by atoms with Gasteiger partial charge in [-0.15, -0.1) is 0 Å². The van der Waals surface area contributed by atoms with Gasteiger partial charge in [-0.3, -0.25) is 0 Å². The highest BCUT2D eigenvalue weighted by atomic mass is 15.0. The fourth-order valence-electron chi connectivity index (χ4n) is 3.04. The van der Waals surface area contributed by atoms with Crippen LogP contribution in [0.15, 0.2) is 0 Å². The summed E-state index contributed by atoms with van der Waals surface area (Å²) in [6.45, 7) is 9.62. The minimum absolute atomic E-state index is 0.527. The lowest BCUT2D eigenvalue weighted by Gasteiger charge is -2.33. The third-order valence-corrected chi connectivity index (χ3v) is 4.93. The SMILES string of the molecule is CC(C)C1(CNCCC2CCC2)CCNC1. The Kier molecular flexibility index (Phi) is 4.26. The van der Waals surface area contributed by atoms with Crippen LogP contribution in [0.25, 0.3) is 0 Å². The summed E-state index contributed by atoms with van der Waals surface area (Å²) in [7, 11) is 0. The third kappa shape index (κ3) is 2.78. The van der Waals surface area contributed by atoms with Gasteiger partial charge in [0.05, 0.1) is 0 Å². The first-order chi connectivity index (χ1) is 7.73. The summed E-state index contributed by atoms with van der Waals surface area (Å²) in [5.74, 6) is 1.84. The molecule has 1 aliphatic carbocycles. The van der Waals surface area contributed by atoms with Gasteiger partial charge in [-0.25, -0.2) is 0 Å². The zero-order valence-electron chi connectivity index (χ0n) is 11.0. The molecule has 1 heterocycles. The molecule has 1 saturated carbocycles.